The van der Waals surface area contributed by atoms with E-state index in [-0.39, 0.29) is 31.4 Å². The fourth-order valence-corrected chi connectivity index (χ4v) is 3.59. The number of primary amides is 1. The third-order valence-corrected chi connectivity index (χ3v) is 4.90. The van der Waals surface area contributed by atoms with Crippen LogP contribution < -0.4 is 5.73 Å². The Labute approximate surface area is 170 Å². The third-order valence-electron chi connectivity index (χ3n) is 4.90. The van der Waals surface area contributed by atoms with E-state index in [0.717, 1.165) is 11.1 Å². The molecule has 0 bridgehead atoms. The van der Waals surface area contributed by atoms with E-state index < -0.39 is 23.5 Å². The summed E-state index contributed by atoms with van der Waals surface area (Å²) < 4.78 is 16.4. The lowest BCUT2D eigenvalue weighted by molar-refractivity contribution is -0.155. The van der Waals surface area contributed by atoms with Crippen molar-refractivity contribution >= 4 is 17.8 Å². The number of hydrogen-bond donors (Lipinski definition) is 1. The van der Waals surface area contributed by atoms with Gasteiger partial charge in [0.05, 0.1) is 19.8 Å². The monoisotopic (exact) mass is 404 g/mol. The fraction of sp³-hybridized carbons (Fsp3) is 0.571. The summed E-state index contributed by atoms with van der Waals surface area (Å²) in [6.07, 6.45) is -0.0442. The lowest BCUT2D eigenvalue weighted by Gasteiger charge is -2.26. The number of carbonyl (C=O) groups excluding carboxylic acids is 3. The maximum atomic E-state index is 12.8. The van der Waals surface area contributed by atoms with Gasteiger partial charge in [0.15, 0.2) is 0 Å². The van der Waals surface area contributed by atoms with E-state index in [1.807, 2.05) is 12.1 Å². The number of carbonyl (C=O) groups is 3. The minimum atomic E-state index is -0.875. The number of hydrogen-bond acceptors (Lipinski definition) is 6. The van der Waals surface area contributed by atoms with Crippen molar-refractivity contribution in [3.8, 4) is 0 Å². The third kappa shape index (κ3) is 5.13. The molecule has 2 unspecified atom stereocenters. The van der Waals surface area contributed by atoms with Crippen LogP contribution in [0.25, 0.3) is 0 Å². The highest BCUT2D eigenvalue weighted by molar-refractivity contribution is 6.01. The van der Waals surface area contributed by atoms with Gasteiger partial charge in [0.25, 0.3) is 5.91 Å². The van der Waals surface area contributed by atoms with Crippen molar-refractivity contribution in [2.24, 2.45) is 5.73 Å². The lowest BCUT2D eigenvalue weighted by Crippen LogP contribution is -2.45. The molecule has 8 nitrogen and oxygen atoms in total. The molecule has 0 spiro atoms. The second kappa shape index (κ2) is 8.51. The smallest absolute Gasteiger partial charge is 0.306 e. The Morgan fingerprint density at radius 3 is 2.69 bits per heavy atom. The van der Waals surface area contributed by atoms with Crippen LogP contribution in [0.15, 0.2) is 18.2 Å². The molecule has 3 rings (SSSR count). The van der Waals surface area contributed by atoms with Crippen LogP contribution >= 0.6 is 0 Å². The molecule has 2 heterocycles. The molecule has 0 radical (unpaired) electrons. The normalized spacial score (nSPS) is 20.3. The van der Waals surface area contributed by atoms with Crippen LogP contribution in [-0.4, -0.2) is 54.1 Å². The van der Waals surface area contributed by atoms with Crippen molar-refractivity contribution in [1.82, 2.24) is 4.90 Å². The summed E-state index contributed by atoms with van der Waals surface area (Å²) in [5, 5.41) is 0. The number of esters is 1. The Balaban J connectivity index is 1.70. The minimum absolute atomic E-state index is 0.00348. The van der Waals surface area contributed by atoms with Gasteiger partial charge >= 0.3 is 5.97 Å². The Morgan fingerprint density at radius 1 is 1.31 bits per heavy atom. The largest absolute Gasteiger partial charge is 0.460 e. The van der Waals surface area contributed by atoms with Crippen molar-refractivity contribution < 1.29 is 28.6 Å². The second-order valence-electron chi connectivity index (χ2n) is 8.33. The zero-order valence-electron chi connectivity index (χ0n) is 17.1. The van der Waals surface area contributed by atoms with Crippen LogP contribution in [0, 0.1) is 0 Å². The molecule has 2 aliphatic rings. The van der Waals surface area contributed by atoms with E-state index in [9.17, 15) is 14.4 Å². The van der Waals surface area contributed by atoms with E-state index >= 15 is 0 Å². The summed E-state index contributed by atoms with van der Waals surface area (Å²) in [6.45, 7) is 7.15. The van der Waals surface area contributed by atoms with Gasteiger partial charge in [-0.1, -0.05) is 12.1 Å². The molecule has 1 aromatic carbocycles. The number of fused-ring (bicyclic) bond motifs is 1. The molecule has 1 fully saturated rings. The van der Waals surface area contributed by atoms with Gasteiger partial charge in [-0.2, -0.15) is 0 Å². The molecule has 158 valence electrons. The van der Waals surface area contributed by atoms with Gasteiger partial charge in [-0.3, -0.25) is 14.4 Å². The van der Waals surface area contributed by atoms with Gasteiger partial charge in [0.2, 0.25) is 5.91 Å². The summed E-state index contributed by atoms with van der Waals surface area (Å²) in [7, 11) is 0. The molecule has 0 saturated carbocycles. The van der Waals surface area contributed by atoms with Crippen LogP contribution in [0.5, 0.6) is 0 Å². The van der Waals surface area contributed by atoms with Gasteiger partial charge < -0.3 is 24.8 Å². The van der Waals surface area contributed by atoms with E-state index in [2.05, 4.69) is 0 Å². The van der Waals surface area contributed by atoms with Crippen molar-refractivity contribution in [2.45, 2.75) is 57.9 Å². The first kappa shape index (κ1) is 21.3. The van der Waals surface area contributed by atoms with E-state index in [1.54, 1.807) is 26.8 Å². The quantitative estimate of drug-likeness (QED) is 0.723. The standard InChI is InChI=1S/C21H28N2O6/c1-21(2,3)29-18(24)7-6-16(19(22)25)23-11-14-10-13(4-5-15(14)20(23)26)17-12-27-8-9-28-17/h4-5,10,16-17H,6-9,11-12H2,1-3H3,(H2,22,25). The van der Waals surface area contributed by atoms with Crippen LogP contribution in [0.2, 0.25) is 0 Å². The zero-order valence-corrected chi connectivity index (χ0v) is 17.1. The van der Waals surface area contributed by atoms with Crippen LogP contribution in [-0.2, 0) is 30.3 Å². The maximum absolute atomic E-state index is 12.8. The second-order valence-corrected chi connectivity index (χ2v) is 8.33. The Hall–Kier alpha value is -2.45. The predicted molar refractivity (Wildman–Crippen MR) is 104 cm³/mol. The van der Waals surface area contributed by atoms with Gasteiger partial charge in [-0.15, -0.1) is 0 Å². The molecular formula is C21H28N2O6. The van der Waals surface area contributed by atoms with Crippen LogP contribution in [0.4, 0.5) is 0 Å². The van der Waals surface area contributed by atoms with Crippen molar-refractivity contribution in [2.75, 3.05) is 19.8 Å². The highest BCUT2D eigenvalue weighted by Crippen LogP contribution is 2.30. The zero-order chi connectivity index (χ0) is 21.2. The number of nitrogens with zero attached hydrogens (tertiary/aromatic N) is 1. The Kier molecular flexibility index (Phi) is 6.24. The molecule has 0 aliphatic carbocycles. The molecule has 2 N–H and O–H groups in total. The van der Waals surface area contributed by atoms with E-state index in [4.69, 9.17) is 19.9 Å². The highest BCUT2D eigenvalue weighted by Gasteiger charge is 2.36. The van der Waals surface area contributed by atoms with Crippen molar-refractivity contribution in [3.05, 3.63) is 34.9 Å². The number of amides is 2. The van der Waals surface area contributed by atoms with Gasteiger partial charge in [0, 0.05) is 18.5 Å². The molecule has 1 aromatic rings. The fourth-order valence-electron chi connectivity index (χ4n) is 3.59. The SMILES string of the molecule is CC(C)(C)OC(=O)CCC(C(N)=O)N1Cc2cc(C3COCCO3)ccc2C1=O. The molecule has 8 heteroatoms. The van der Waals surface area contributed by atoms with Gasteiger partial charge in [-0.25, -0.2) is 0 Å². The number of benzene rings is 1. The topological polar surface area (TPSA) is 108 Å². The summed E-state index contributed by atoms with van der Waals surface area (Å²) in [5.74, 6) is -1.33. The maximum Gasteiger partial charge on any atom is 0.306 e. The molecule has 1 saturated heterocycles. The van der Waals surface area contributed by atoms with E-state index in [0.29, 0.717) is 25.4 Å². The lowest BCUT2D eigenvalue weighted by atomic mass is 10.0. The summed E-state index contributed by atoms with van der Waals surface area (Å²) >= 11 is 0. The number of rotatable bonds is 6. The van der Waals surface area contributed by atoms with Crippen molar-refractivity contribution in [1.29, 1.82) is 0 Å². The van der Waals surface area contributed by atoms with Gasteiger partial charge in [-0.05, 0) is 44.4 Å². The summed E-state index contributed by atoms with van der Waals surface area (Å²) in [4.78, 5) is 38.3. The first-order chi connectivity index (χ1) is 13.7. The number of nitrogens with two attached hydrogens (primary N) is 1. The first-order valence-electron chi connectivity index (χ1n) is 9.80. The average molecular weight is 404 g/mol. The summed E-state index contributed by atoms with van der Waals surface area (Å²) in [6, 6.07) is 4.63. The molecule has 29 heavy (non-hydrogen) atoms. The summed E-state index contributed by atoms with van der Waals surface area (Å²) in [5.41, 5.74) is 7.22. The molecule has 2 amide bonds. The molecule has 2 aliphatic heterocycles. The minimum Gasteiger partial charge on any atom is -0.460 e. The van der Waals surface area contributed by atoms with Crippen LogP contribution in [0.3, 0.4) is 0 Å². The molecule has 2 atom stereocenters. The predicted octanol–water partition coefficient (Wildman–Crippen LogP) is 1.71. The van der Waals surface area contributed by atoms with E-state index in [1.165, 1.54) is 4.90 Å². The van der Waals surface area contributed by atoms with Crippen molar-refractivity contribution in [3.63, 3.8) is 0 Å². The van der Waals surface area contributed by atoms with Crippen LogP contribution in [0.1, 0.15) is 61.2 Å². The highest BCUT2D eigenvalue weighted by atomic mass is 16.6. The molecular weight excluding hydrogens is 376 g/mol. The molecule has 0 aromatic heterocycles. The van der Waals surface area contributed by atoms with Gasteiger partial charge in [0.1, 0.15) is 17.7 Å². The first-order valence-corrected chi connectivity index (χ1v) is 9.80. The Morgan fingerprint density at radius 2 is 2.07 bits per heavy atom. The average Bonchev–Trinajstić information content (AvgIpc) is 2.97. The number of ether oxygens (including phenoxy) is 3. The Bertz CT molecular complexity index is 795.